The maximum Gasteiger partial charge on any atom is 0.147 e. The van der Waals surface area contributed by atoms with Gasteiger partial charge in [0.05, 0.1) is 21.2 Å². The zero-order valence-corrected chi connectivity index (χ0v) is 17.6. The molecule has 0 aliphatic carbocycles. The molecule has 2 aromatic rings. The van der Waals surface area contributed by atoms with E-state index in [0.29, 0.717) is 13.2 Å². The zero-order valence-electron chi connectivity index (χ0n) is 11.2. The van der Waals surface area contributed by atoms with E-state index >= 15 is 0 Å². The number of rotatable bonds is 5. The number of hydrogen-bond acceptors (Lipinski definition) is 2. The van der Waals surface area contributed by atoms with E-state index in [0.717, 1.165) is 34.9 Å². The molecule has 0 fully saturated rings. The minimum atomic E-state index is 0.638. The predicted molar refractivity (Wildman–Crippen MR) is 102 cm³/mol. The highest BCUT2D eigenvalue weighted by molar-refractivity contribution is 9.11. The van der Waals surface area contributed by atoms with Crippen molar-refractivity contribution >= 4 is 69.4 Å². The van der Waals surface area contributed by atoms with Gasteiger partial charge in [-0.2, -0.15) is 0 Å². The first-order valence-electron chi connectivity index (χ1n) is 6.31. The van der Waals surface area contributed by atoms with Crippen molar-refractivity contribution in [2.45, 2.75) is 13.5 Å². The summed E-state index contributed by atoms with van der Waals surface area (Å²) in [6, 6.07) is 10.1. The van der Waals surface area contributed by atoms with Crippen LogP contribution in [0.1, 0.15) is 12.5 Å². The number of halogens is 4. The van der Waals surface area contributed by atoms with E-state index in [1.54, 1.807) is 0 Å². The molecule has 0 aromatic heterocycles. The van der Waals surface area contributed by atoms with Crippen molar-refractivity contribution in [1.82, 2.24) is 0 Å². The molecule has 0 unspecified atom stereocenters. The average Bonchev–Trinajstić information content (AvgIpc) is 2.42. The van der Waals surface area contributed by atoms with Crippen LogP contribution < -0.4 is 10.1 Å². The molecule has 0 atom stereocenters. The first-order valence-corrected chi connectivity index (χ1v) is 9.48. The molecule has 0 saturated carbocycles. The molecule has 0 spiro atoms. The molecular formula is C15H13Br4NO. The summed E-state index contributed by atoms with van der Waals surface area (Å²) in [5.74, 6) is 0.836. The minimum Gasteiger partial charge on any atom is -0.492 e. The quantitative estimate of drug-likeness (QED) is 0.451. The molecule has 0 radical (unpaired) electrons. The Morgan fingerprint density at radius 2 is 1.52 bits per heavy atom. The van der Waals surface area contributed by atoms with Gasteiger partial charge in [-0.1, -0.05) is 6.07 Å². The van der Waals surface area contributed by atoms with Crippen LogP contribution in [0.3, 0.4) is 0 Å². The van der Waals surface area contributed by atoms with E-state index in [2.05, 4.69) is 81.2 Å². The van der Waals surface area contributed by atoms with Crippen LogP contribution in [0.2, 0.25) is 0 Å². The molecule has 0 amide bonds. The molecule has 0 aliphatic rings. The first-order chi connectivity index (χ1) is 10.0. The van der Waals surface area contributed by atoms with Crippen LogP contribution in [0, 0.1) is 0 Å². The van der Waals surface area contributed by atoms with E-state index in [9.17, 15) is 0 Å². The highest BCUT2D eigenvalue weighted by Crippen LogP contribution is 2.36. The second kappa shape index (κ2) is 7.99. The van der Waals surface area contributed by atoms with Gasteiger partial charge in [-0.25, -0.2) is 0 Å². The fourth-order valence-corrected chi connectivity index (χ4v) is 4.64. The van der Waals surface area contributed by atoms with Crippen molar-refractivity contribution in [2.75, 3.05) is 11.9 Å². The Morgan fingerprint density at radius 1 is 0.952 bits per heavy atom. The van der Waals surface area contributed by atoms with E-state index in [4.69, 9.17) is 4.74 Å². The van der Waals surface area contributed by atoms with Gasteiger partial charge < -0.3 is 10.1 Å². The molecule has 0 saturated heterocycles. The molecular weight excluding hydrogens is 530 g/mol. The molecule has 0 heterocycles. The second-order valence-corrected chi connectivity index (χ2v) is 7.69. The van der Waals surface area contributed by atoms with Crippen molar-refractivity contribution in [3.8, 4) is 5.75 Å². The van der Waals surface area contributed by atoms with Crippen molar-refractivity contribution in [2.24, 2.45) is 0 Å². The van der Waals surface area contributed by atoms with Gasteiger partial charge in [0.1, 0.15) is 5.75 Å². The smallest absolute Gasteiger partial charge is 0.147 e. The summed E-state index contributed by atoms with van der Waals surface area (Å²) in [5, 5.41) is 3.43. The third kappa shape index (κ3) is 4.47. The number of benzene rings is 2. The summed E-state index contributed by atoms with van der Waals surface area (Å²) < 4.78 is 9.54. The molecule has 0 bridgehead atoms. The summed E-state index contributed by atoms with van der Waals surface area (Å²) in [6.45, 7) is 3.32. The summed E-state index contributed by atoms with van der Waals surface area (Å²) in [5.41, 5.74) is 2.19. The molecule has 112 valence electrons. The van der Waals surface area contributed by atoms with E-state index in [1.807, 2.05) is 25.1 Å². The fraction of sp³-hybridized carbons (Fsp3) is 0.200. The Kier molecular flexibility index (Phi) is 6.59. The fourth-order valence-electron chi connectivity index (χ4n) is 1.85. The van der Waals surface area contributed by atoms with Gasteiger partial charge in [-0.15, -0.1) is 0 Å². The summed E-state index contributed by atoms with van der Waals surface area (Å²) in [4.78, 5) is 0. The van der Waals surface area contributed by atoms with Crippen molar-refractivity contribution < 1.29 is 4.74 Å². The number of para-hydroxylation sites is 1. The zero-order chi connectivity index (χ0) is 15.4. The van der Waals surface area contributed by atoms with Crippen LogP contribution in [0.15, 0.2) is 48.2 Å². The highest BCUT2D eigenvalue weighted by Gasteiger charge is 2.09. The summed E-state index contributed by atoms with van der Waals surface area (Å²) in [6.07, 6.45) is 0. The van der Waals surface area contributed by atoms with Gasteiger partial charge in [0.15, 0.2) is 0 Å². The van der Waals surface area contributed by atoms with Crippen molar-refractivity contribution in [3.05, 3.63) is 53.8 Å². The summed E-state index contributed by atoms with van der Waals surface area (Å²) in [7, 11) is 0. The topological polar surface area (TPSA) is 21.3 Å². The van der Waals surface area contributed by atoms with Gasteiger partial charge in [0.25, 0.3) is 0 Å². The predicted octanol–water partition coefficient (Wildman–Crippen LogP) is 6.75. The van der Waals surface area contributed by atoms with Gasteiger partial charge in [-0.3, -0.25) is 0 Å². The Labute approximate surface area is 158 Å². The lowest BCUT2D eigenvalue weighted by atomic mass is 10.2. The SMILES string of the molecule is CCOc1c(Br)cc(CNc2c(Br)cccc2Br)cc1Br. The van der Waals surface area contributed by atoms with Crippen LogP contribution in [-0.2, 0) is 6.54 Å². The number of hydrogen-bond donors (Lipinski definition) is 1. The van der Waals surface area contributed by atoms with Gasteiger partial charge in [0, 0.05) is 15.5 Å². The molecule has 2 nitrogen and oxygen atoms in total. The van der Waals surface area contributed by atoms with Crippen LogP contribution in [0.5, 0.6) is 5.75 Å². The Bertz CT molecular complexity index is 602. The van der Waals surface area contributed by atoms with Crippen LogP contribution >= 0.6 is 63.7 Å². The lowest BCUT2D eigenvalue weighted by Gasteiger charge is -2.13. The van der Waals surface area contributed by atoms with Gasteiger partial charge in [-0.05, 0) is 100 Å². The van der Waals surface area contributed by atoms with Crippen molar-refractivity contribution in [1.29, 1.82) is 0 Å². The Hall–Kier alpha value is -0.0400. The first kappa shape index (κ1) is 17.3. The number of anilines is 1. The molecule has 6 heteroatoms. The van der Waals surface area contributed by atoms with Gasteiger partial charge in [0.2, 0.25) is 0 Å². The van der Waals surface area contributed by atoms with Gasteiger partial charge >= 0.3 is 0 Å². The van der Waals surface area contributed by atoms with E-state index in [-0.39, 0.29) is 0 Å². The van der Waals surface area contributed by atoms with Crippen molar-refractivity contribution in [3.63, 3.8) is 0 Å². The molecule has 2 rings (SSSR count). The third-order valence-electron chi connectivity index (χ3n) is 2.78. The second-order valence-electron chi connectivity index (χ2n) is 4.27. The third-order valence-corrected chi connectivity index (χ3v) is 5.28. The monoisotopic (exact) mass is 539 g/mol. The minimum absolute atomic E-state index is 0.638. The number of ether oxygens (including phenoxy) is 1. The number of nitrogens with one attached hydrogen (secondary N) is 1. The molecule has 21 heavy (non-hydrogen) atoms. The lowest BCUT2D eigenvalue weighted by molar-refractivity contribution is 0.336. The van der Waals surface area contributed by atoms with Crippen LogP contribution in [0.4, 0.5) is 5.69 Å². The van der Waals surface area contributed by atoms with Crippen LogP contribution in [0.25, 0.3) is 0 Å². The Balaban J connectivity index is 2.17. The largest absolute Gasteiger partial charge is 0.492 e. The molecule has 1 N–H and O–H groups in total. The van der Waals surface area contributed by atoms with E-state index < -0.39 is 0 Å². The highest BCUT2D eigenvalue weighted by atomic mass is 79.9. The Morgan fingerprint density at radius 3 is 2.05 bits per heavy atom. The summed E-state index contributed by atoms with van der Waals surface area (Å²) >= 11 is 14.2. The van der Waals surface area contributed by atoms with E-state index in [1.165, 1.54) is 0 Å². The van der Waals surface area contributed by atoms with Crippen LogP contribution in [-0.4, -0.2) is 6.61 Å². The maximum absolute atomic E-state index is 5.59. The maximum atomic E-state index is 5.59. The standard InChI is InChI=1S/C15H13Br4NO/c1-2-21-15-12(18)6-9(7-13(15)19)8-20-14-10(16)4-3-5-11(14)17/h3-7,20H,2,8H2,1H3. The average molecular weight is 543 g/mol. The molecule has 2 aromatic carbocycles. The molecule has 0 aliphatic heterocycles. The lowest BCUT2D eigenvalue weighted by Crippen LogP contribution is -2.02. The normalized spacial score (nSPS) is 10.5.